The van der Waals surface area contributed by atoms with Crippen molar-refractivity contribution in [3.63, 3.8) is 0 Å². The number of nitrogens with one attached hydrogen (secondary N) is 1. The zero-order valence-electron chi connectivity index (χ0n) is 12.5. The third kappa shape index (κ3) is 3.69. The molecule has 1 N–H and O–H groups in total. The van der Waals surface area contributed by atoms with Crippen LogP contribution in [0.15, 0.2) is 24.3 Å². The number of hydrogen-bond acceptors (Lipinski definition) is 6. The molecule has 116 valence electrons. The van der Waals surface area contributed by atoms with Gasteiger partial charge < -0.3 is 9.47 Å². The molecule has 2 aromatic rings. The van der Waals surface area contributed by atoms with Gasteiger partial charge in [-0.15, -0.1) is 0 Å². The van der Waals surface area contributed by atoms with Crippen molar-refractivity contribution in [2.24, 2.45) is 0 Å². The number of anilines is 1. The molecule has 0 atom stereocenters. The van der Waals surface area contributed by atoms with E-state index in [2.05, 4.69) is 15.0 Å². The number of hydrogen-bond donors (Lipinski definition) is 1. The molecule has 0 aliphatic rings. The van der Waals surface area contributed by atoms with Gasteiger partial charge in [0.2, 0.25) is 0 Å². The van der Waals surface area contributed by atoms with E-state index >= 15 is 0 Å². The first kappa shape index (κ1) is 16.1. The molecule has 0 saturated carbocycles. The van der Waals surface area contributed by atoms with Crippen molar-refractivity contribution in [2.75, 3.05) is 19.5 Å². The number of rotatable bonds is 5. The zero-order chi connectivity index (χ0) is 16.1. The minimum absolute atomic E-state index is 0.289. The van der Waals surface area contributed by atoms with Gasteiger partial charge in [0.15, 0.2) is 5.13 Å². The lowest BCUT2D eigenvalue weighted by Crippen LogP contribution is -2.12. The summed E-state index contributed by atoms with van der Waals surface area (Å²) in [5, 5.41) is 3.05. The van der Waals surface area contributed by atoms with Crippen molar-refractivity contribution in [2.45, 2.75) is 13.5 Å². The highest BCUT2D eigenvalue weighted by Crippen LogP contribution is 2.23. The third-order valence-electron chi connectivity index (χ3n) is 2.89. The van der Waals surface area contributed by atoms with Gasteiger partial charge >= 0.3 is 5.97 Å². The van der Waals surface area contributed by atoms with Crippen LogP contribution in [0.3, 0.4) is 0 Å². The summed E-state index contributed by atoms with van der Waals surface area (Å²) in [5.74, 6) is -0.749. The lowest BCUT2D eigenvalue weighted by Gasteiger charge is -2.04. The lowest BCUT2D eigenvalue weighted by atomic mass is 10.1. The summed E-state index contributed by atoms with van der Waals surface area (Å²) in [6, 6.07) is 7.12. The molecule has 1 heterocycles. The van der Waals surface area contributed by atoms with E-state index in [1.807, 2.05) is 6.07 Å². The highest BCUT2D eigenvalue weighted by molar-refractivity contribution is 7.17. The first-order chi connectivity index (χ1) is 10.5. The zero-order valence-corrected chi connectivity index (χ0v) is 13.3. The van der Waals surface area contributed by atoms with Crippen molar-refractivity contribution >= 4 is 28.3 Å². The molecule has 22 heavy (non-hydrogen) atoms. The van der Waals surface area contributed by atoms with Gasteiger partial charge in [0, 0.05) is 12.7 Å². The summed E-state index contributed by atoms with van der Waals surface area (Å²) in [6.07, 6.45) is 0. The van der Waals surface area contributed by atoms with E-state index in [1.54, 1.807) is 32.2 Å². The number of carbonyl (C=O) groups excluding carboxylic acids is 2. The molecule has 0 unspecified atom stereocenters. The number of aryl methyl sites for hydroxylation is 1. The standard InChI is InChI=1S/C15H16N2O4S/c1-9-12(14(19)21-3)22-15(16-9)17-13(18)11-6-4-5-10(7-11)8-20-2/h4-7H,8H2,1-3H3,(H,16,17,18). The molecule has 1 aromatic carbocycles. The summed E-state index contributed by atoms with van der Waals surface area (Å²) in [4.78, 5) is 28.3. The van der Waals surface area contributed by atoms with E-state index in [-0.39, 0.29) is 5.91 Å². The highest BCUT2D eigenvalue weighted by atomic mass is 32.1. The maximum absolute atomic E-state index is 12.2. The molecule has 0 fully saturated rings. The Morgan fingerprint density at radius 2 is 2.09 bits per heavy atom. The van der Waals surface area contributed by atoms with E-state index in [1.165, 1.54) is 7.11 Å². The molecule has 2 rings (SSSR count). The van der Waals surface area contributed by atoms with Crippen LogP contribution < -0.4 is 5.32 Å². The van der Waals surface area contributed by atoms with Crippen LogP contribution in [0.1, 0.15) is 31.3 Å². The Balaban J connectivity index is 2.15. The fraction of sp³-hybridized carbons (Fsp3) is 0.267. The predicted octanol–water partition coefficient (Wildman–Crippen LogP) is 2.64. The van der Waals surface area contributed by atoms with Gasteiger partial charge in [-0.1, -0.05) is 23.5 Å². The van der Waals surface area contributed by atoms with E-state index < -0.39 is 5.97 Å². The van der Waals surface area contributed by atoms with Crippen molar-refractivity contribution < 1.29 is 19.1 Å². The molecule has 0 bridgehead atoms. The second-order valence-corrected chi connectivity index (χ2v) is 5.51. The van der Waals surface area contributed by atoms with Gasteiger partial charge in [-0.3, -0.25) is 10.1 Å². The lowest BCUT2D eigenvalue weighted by molar-refractivity contribution is 0.0605. The van der Waals surface area contributed by atoms with Crippen molar-refractivity contribution in [3.05, 3.63) is 46.0 Å². The van der Waals surface area contributed by atoms with Crippen LogP contribution in [0, 0.1) is 6.92 Å². The van der Waals surface area contributed by atoms with E-state index in [4.69, 9.17) is 4.74 Å². The maximum atomic E-state index is 12.2. The van der Waals surface area contributed by atoms with Crippen LogP contribution >= 0.6 is 11.3 Å². The van der Waals surface area contributed by atoms with Crippen molar-refractivity contribution in [1.29, 1.82) is 0 Å². The van der Waals surface area contributed by atoms with Crippen molar-refractivity contribution in [3.8, 4) is 0 Å². The summed E-state index contributed by atoms with van der Waals surface area (Å²) >= 11 is 1.09. The SMILES string of the molecule is COCc1cccc(C(=O)Nc2nc(C)c(C(=O)OC)s2)c1. The third-order valence-corrected chi connectivity index (χ3v) is 3.94. The molecule has 7 heteroatoms. The van der Waals surface area contributed by atoms with Gasteiger partial charge in [0.05, 0.1) is 19.4 Å². The normalized spacial score (nSPS) is 10.3. The maximum Gasteiger partial charge on any atom is 0.350 e. The number of methoxy groups -OCH3 is 2. The number of benzene rings is 1. The first-order valence-corrected chi connectivity index (χ1v) is 7.31. The van der Waals surface area contributed by atoms with E-state index in [9.17, 15) is 9.59 Å². The molecular weight excluding hydrogens is 304 g/mol. The van der Waals surface area contributed by atoms with E-state index in [0.29, 0.717) is 27.9 Å². The second-order valence-electron chi connectivity index (χ2n) is 4.51. The van der Waals surface area contributed by atoms with Crippen LogP contribution in [-0.4, -0.2) is 31.1 Å². The Morgan fingerprint density at radius 3 is 2.77 bits per heavy atom. The largest absolute Gasteiger partial charge is 0.465 e. The highest BCUT2D eigenvalue weighted by Gasteiger charge is 2.17. The molecule has 6 nitrogen and oxygen atoms in total. The summed E-state index contributed by atoms with van der Waals surface area (Å²) in [5.41, 5.74) is 1.93. The Kier molecular flexibility index (Phi) is 5.24. The number of carbonyl (C=O) groups is 2. The topological polar surface area (TPSA) is 77.5 Å². The number of esters is 1. The summed E-state index contributed by atoms with van der Waals surface area (Å²) in [6.45, 7) is 2.13. The van der Waals surface area contributed by atoms with Gasteiger partial charge in [0.25, 0.3) is 5.91 Å². The molecule has 0 aliphatic carbocycles. The van der Waals surface area contributed by atoms with Gasteiger partial charge in [-0.2, -0.15) is 0 Å². The quantitative estimate of drug-likeness (QED) is 0.857. The van der Waals surface area contributed by atoms with Crippen molar-refractivity contribution in [1.82, 2.24) is 4.98 Å². The van der Waals surface area contributed by atoms with Crippen LogP contribution in [0.5, 0.6) is 0 Å². The number of aromatic nitrogens is 1. The summed E-state index contributed by atoms with van der Waals surface area (Å²) < 4.78 is 9.71. The fourth-order valence-corrected chi connectivity index (χ4v) is 2.75. The second kappa shape index (κ2) is 7.15. The number of thiazole rings is 1. The minimum Gasteiger partial charge on any atom is -0.465 e. The Labute approximate surface area is 132 Å². The number of nitrogens with zero attached hydrogens (tertiary/aromatic N) is 1. The molecule has 0 radical (unpaired) electrons. The average molecular weight is 320 g/mol. The smallest absolute Gasteiger partial charge is 0.350 e. The monoisotopic (exact) mass is 320 g/mol. The number of amides is 1. The van der Waals surface area contributed by atoms with Crippen LogP contribution in [0.2, 0.25) is 0 Å². The molecular formula is C15H16N2O4S. The predicted molar refractivity (Wildman–Crippen MR) is 83.3 cm³/mol. The average Bonchev–Trinajstić information content (AvgIpc) is 2.87. The van der Waals surface area contributed by atoms with Gasteiger partial charge in [-0.05, 0) is 24.6 Å². The molecule has 1 aromatic heterocycles. The van der Waals surface area contributed by atoms with E-state index in [0.717, 1.165) is 16.9 Å². The summed E-state index contributed by atoms with van der Waals surface area (Å²) in [7, 11) is 2.90. The first-order valence-electron chi connectivity index (χ1n) is 6.50. The molecule has 0 saturated heterocycles. The van der Waals surface area contributed by atoms with Crippen LogP contribution in [-0.2, 0) is 16.1 Å². The van der Waals surface area contributed by atoms with Crippen LogP contribution in [0.25, 0.3) is 0 Å². The Bertz CT molecular complexity index is 697. The molecule has 0 aliphatic heterocycles. The van der Waals surface area contributed by atoms with Crippen LogP contribution in [0.4, 0.5) is 5.13 Å². The fourth-order valence-electron chi connectivity index (χ4n) is 1.87. The minimum atomic E-state index is -0.461. The number of ether oxygens (including phenoxy) is 2. The Hall–Kier alpha value is -2.25. The molecule has 1 amide bonds. The molecule has 0 spiro atoms. The van der Waals surface area contributed by atoms with Gasteiger partial charge in [-0.25, -0.2) is 9.78 Å². The van der Waals surface area contributed by atoms with Gasteiger partial charge in [0.1, 0.15) is 4.88 Å². The Morgan fingerprint density at radius 1 is 1.32 bits per heavy atom.